The third-order valence-electron chi connectivity index (χ3n) is 6.31. The number of benzene rings is 1. The molecule has 1 aromatic carbocycles. The van der Waals surface area contributed by atoms with Crippen LogP contribution in [0.5, 0.6) is 0 Å². The summed E-state index contributed by atoms with van der Waals surface area (Å²) in [6, 6.07) is 8.96. The van der Waals surface area contributed by atoms with Gasteiger partial charge in [0.1, 0.15) is 17.7 Å². The maximum absolute atomic E-state index is 15.2. The Morgan fingerprint density at radius 1 is 1.14 bits per heavy atom. The standard InChI is InChI=1S/C27H24FN7OS/c1-2-3-4-23(36)31-17-9-16(12-29-13-17)19-10-20-22(11-21(19)28)34-35-25(20)27-32-24-18(15-6-8-37-14-15)5-7-30-26(24)33-27/h5-14,23,31,36H,2-4H2,1H3,(H,34,35)(H,30,32,33). The molecule has 37 heavy (non-hydrogen) atoms. The summed E-state index contributed by atoms with van der Waals surface area (Å²) in [4.78, 5) is 16.7. The van der Waals surface area contributed by atoms with Gasteiger partial charge in [0.15, 0.2) is 11.5 Å². The number of aliphatic hydroxyl groups excluding tert-OH is 1. The Balaban J connectivity index is 1.40. The maximum atomic E-state index is 15.2. The Morgan fingerprint density at radius 2 is 2.05 bits per heavy atom. The molecule has 186 valence electrons. The molecule has 5 aromatic heterocycles. The number of hydrogen-bond donors (Lipinski definition) is 4. The van der Waals surface area contributed by atoms with Crippen LogP contribution < -0.4 is 5.32 Å². The smallest absolute Gasteiger partial charge is 0.178 e. The monoisotopic (exact) mass is 513 g/mol. The number of hydrogen-bond acceptors (Lipinski definition) is 7. The lowest BCUT2D eigenvalue weighted by molar-refractivity contribution is 0.190. The molecule has 1 atom stereocenters. The summed E-state index contributed by atoms with van der Waals surface area (Å²) >= 11 is 1.63. The Hall–Kier alpha value is -4.15. The van der Waals surface area contributed by atoms with Crippen molar-refractivity contribution in [3.05, 3.63) is 65.5 Å². The van der Waals surface area contributed by atoms with Crippen molar-refractivity contribution >= 4 is 39.1 Å². The number of H-pyrrole nitrogens is 2. The van der Waals surface area contributed by atoms with Gasteiger partial charge in [0, 0.05) is 40.5 Å². The molecule has 0 aliphatic heterocycles. The molecular formula is C27H24FN7OS. The molecular weight excluding hydrogens is 489 g/mol. The van der Waals surface area contributed by atoms with Crippen molar-refractivity contribution in [3.63, 3.8) is 0 Å². The summed E-state index contributed by atoms with van der Waals surface area (Å²) in [6.45, 7) is 2.07. The molecule has 10 heteroatoms. The van der Waals surface area contributed by atoms with E-state index >= 15 is 4.39 Å². The summed E-state index contributed by atoms with van der Waals surface area (Å²) in [5.74, 6) is 0.140. The van der Waals surface area contributed by atoms with Crippen LogP contribution in [0.2, 0.25) is 0 Å². The van der Waals surface area contributed by atoms with Gasteiger partial charge in [0.05, 0.1) is 22.9 Å². The topological polar surface area (TPSA) is 115 Å². The molecule has 6 aromatic rings. The van der Waals surface area contributed by atoms with Gasteiger partial charge in [0.2, 0.25) is 0 Å². The lowest BCUT2D eigenvalue weighted by Crippen LogP contribution is -2.18. The summed E-state index contributed by atoms with van der Waals surface area (Å²) in [5.41, 5.74) is 6.21. The third kappa shape index (κ3) is 4.45. The minimum absolute atomic E-state index is 0.377. The highest BCUT2D eigenvalue weighted by Gasteiger charge is 2.18. The van der Waals surface area contributed by atoms with Crippen molar-refractivity contribution in [2.24, 2.45) is 0 Å². The molecule has 0 spiro atoms. The van der Waals surface area contributed by atoms with Crippen LogP contribution >= 0.6 is 11.3 Å². The van der Waals surface area contributed by atoms with E-state index in [1.165, 1.54) is 6.07 Å². The van der Waals surface area contributed by atoms with Crippen LogP contribution in [0, 0.1) is 5.82 Å². The number of aromatic nitrogens is 6. The van der Waals surface area contributed by atoms with E-state index in [0.717, 1.165) is 29.5 Å². The number of rotatable bonds is 8. The van der Waals surface area contributed by atoms with Crippen LogP contribution in [0.15, 0.2) is 59.7 Å². The van der Waals surface area contributed by atoms with Gasteiger partial charge in [-0.3, -0.25) is 10.1 Å². The number of aromatic amines is 2. The highest BCUT2D eigenvalue weighted by Crippen LogP contribution is 2.34. The van der Waals surface area contributed by atoms with Gasteiger partial charge in [0.25, 0.3) is 0 Å². The molecule has 6 rings (SSSR count). The Morgan fingerprint density at radius 3 is 2.89 bits per heavy atom. The Kier molecular flexibility index (Phi) is 6.11. The summed E-state index contributed by atoms with van der Waals surface area (Å²) < 4.78 is 15.2. The van der Waals surface area contributed by atoms with Crippen LogP contribution in [-0.4, -0.2) is 41.5 Å². The van der Waals surface area contributed by atoms with Gasteiger partial charge < -0.3 is 15.4 Å². The van der Waals surface area contributed by atoms with Gasteiger partial charge in [-0.15, -0.1) is 0 Å². The summed E-state index contributed by atoms with van der Waals surface area (Å²) in [6.07, 6.45) is 6.79. The number of aliphatic hydroxyl groups is 1. The number of pyridine rings is 2. The largest absolute Gasteiger partial charge is 0.374 e. The van der Waals surface area contributed by atoms with Gasteiger partial charge in [-0.2, -0.15) is 16.4 Å². The molecule has 0 amide bonds. The Bertz CT molecular complexity index is 1690. The zero-order valence-corrected chi connectivity index (χ0v) is 20.8. The fourth-order valence-corrected chi connectivity index (χ4v) is 5.11. The first-order valence-electron chi connectivity index (χ1n) is 12.1. The summed E-state index contributed by atoms with van der Waals surface area (Å²) in [5, 5.41) is 25.4. The van der Waals surface area contributed by atoms with E-state index in [2.05, 4.69) is 53.8 Å². The molecule has 0 aliphatic rings. The number of fused-ring (bicyclic) bond motifs is 2. The fraction of sp³-hybridized carbons (Fsp3) is 0.185. The molecule has 0 aliphatic carbocycles. The molecule has 0 bridgehead atoms. The lowest BCUT2D eigenvalue weighted by Gasteiger charge is -2.14. The first-order valence-corrected chi connectivity index (χ1v) is 13.0. The van der Waals surface area contributed by atoms with Crippen molar-refractivity contribution in [1.82, 2.24) is 30.1 Å². The fourth-order valence-electron chi connectivity index (χ4n) is 4.45. The second kappa shape index (κ2) is 9.72. The van der Waals surface area contributed by atoms with Crippen molar-refractivity contribution < 1.29 is 9.50 Å². The average Bonchev–Trinajstić information content (AvgIpc) is 3.66. The number of thiophene rings is 1. The quantitative estimate of drug-likeness (QED) is 0.176. The van der Waals surface area contributed by atoms with Gasteiger partial charge in [-0.25, -0.2) is 14.4 Å². The summed E-state index contributed by atoms with van der Waals surface area (Å²) in [7, 11) is 0. The lowest BCUT2D eigenvalue weighted by atomic mass is 10.0. The number of imidazole rings is 1. The minimum atomic E-state index is -0.689. The van der Waals surface area contributed by atoms with Crippen molar-refractivity contribution in [2.75, 3.05) is 5.32 Å². The van der Waals surface area contributed by atoms with Gasteiger partial charge in [-0.05, 0) is 53.4 Å². The van der Waals surface area contributed by atoms with Crippen LogP contribution in [0.3, 0.4) is 0 Å². The number of nitrogens with zero attached hydrogens (tertiary/aromatic N) is 4. The van der Waals surface area contributed by atoms with Crippen LogP contribution in [0.1, 0.15) is 26.2 Å². The third-order valence-corrected chi connectivity index (χ3v) is 7.00. The number of nitrogens with one attached hydrogen (secondary N) is 3. The van der Waals surface area contributed by atoms with E-state index in [-0.39, 0.29) is 0 Å². The van der Waals surface area contributed by atoms with Gasteiger partial charge >= 0.3 is 0 Å². The van der Waals surface area contributed by atoms with Crippen molar-refractivity contribution in [2.45, 2.75) is 32.4 Å². The van der Waals surface area contributed by atoms with E-state index in [1.54, 1.807) is 42.1 Å². The minimum Gasteiger partial charge on any atom is -0.374 e. The van der Waals surface area contributed by atoms with E-state index in [0.29, 0.717) is 51.3 Å². The first-order chi connectivity index (χ1) is 18.1. The number of anilines is 1. The van der Waals surface area contributed by atoms with E-state index in [4.69, 9.17) is 0 Å². The molecule has 0 saturated carbocycles. The molecule has 0 saturated heterocycles. The molecule has 5 heterocycles. The van der Waals surface area contributed by atoms with Gasteiger partial charge in [-0.1, -0.05) is 13.3 Å². The first kappa shape index (κ1) is 23.3. The average molecular weight is 514 g/mol. The number of halogens is 1. The molecule has 1 unspecified atom stereocenters. The number of unbranched alkanes of at least 4 members (excludes halogenated alkanes) is 1. The van der Waals surface area contributed by atoms with Crippen LogP contribution in [0.4, 0.5) is 10.1 Å². The zero-order valence-electron chi connectivity index (χ0n) is 20.0. The molecule has 8 nitrogen and oxygen atoms in total. The molecule has 0 radical (unpaired) electrons. The van der Waals surface area contributed by atoms with Crippen LogP contribution in [0.25, 0.3) is 55.8 Å². The second-order valence-corrected chi connectivity index (χ2v) is 9.65. The maximum Gasteiger partial charge on any atom is 0.178 e. The van der Waals surface area contributed by atoms with E-state index < -0.39 is 12.0 Å². The highest BCUT2D eigenvalue weighted by atomic mass is 32.1. The molecule has 0 fully saturated rings. The highest BCUT2D eigenvalue weighted by molar-refractivity contribution is 7.08. The van der Waals surface area contributed by atoms with Crippen LogP contribution in [-0.2, 0) is 0 Å². The zero-order chi connectivity index (χ0) is 25.4. The van der Waals surface area contributed by atoms with E-state index in [9.17, 15) is 5.11 Å². The SMILES string of the molecule is CCCCC(O)Nc1cncc(-c2cc3c(-c4nc5nccc(-c6ccsc6)c5[nH]4)n[nH]c3cc2F)c1. The van der Waals surface area contributed by atoms with Crippen molar-refractivity contribution in [3.8, 4) is 33.8 Å². The normalized spacial score (nSPS) is 12.4. The molecule has 4 N–H and O–H groups in total. The predicted molar refractivity (Wildman–Crippen MR) is 145 cm³/mol. The second-order valence-electron chi connectivity index (χ2n) is 8.87. The predicted octanol–water partition coefficient (Wildman–Crippen LogP) is 6.35. The Labute approximate surface area is 215 Å². The van der Waals surface area contributed by atoms with E-state index in [1.807, 2.05) is 11.4 Å². The van der Waals surface area contributed by atoms with Crippen molar-refractivity contribution in [1.29, 1.82) is 0 Å².